The summed E-state index contributed by atoms with van der Waals surface area (Å²) in [6, 6.07) is 14.0. The number of esters is 1. The van der Waals surface area contributed by atoms with Crippen molar-refractivity contribution in [1.29, 1.82) is 0 Å². The molecule has 1 aromatic heterocycles. The maximum absolute atomic E-state index is 13.3. The molecule has 7 nitrogen and oxygen atoms in total. The zero-order chi connectivity index (χ0) is 28.8. The Bertz CT molecular complexity index is 1270. The lowest BCUT2D eigenvalue weighted by molar-refractivity contribution is 0.0220. The monoisotopic (exact) mass is 556 g/mol. The summed E-state index contributed by atoms with van der Waals surface area (Å²) in [4.78, 5) is 27.8. The number of ether oxygens (including phenoxy) is 2. The molecule has 1 spiro atoms. The lowest BCUT2D eigenvalue weighted by Gasteiger charge is -2.37. The zero-order valence-corrected chi connectivity index (χ0v) is 25.1. The Kier molecular flexibility index (Phi) is 9.11. The Morgan fingerprint density at radius 2 is 1.39 bits per heavy atom. The quantitative estimate of drug-likeness (QED) is 0.187. The summed E-state index contributed by atoms with van der Waals surface area (Å²) in [5.41, 5.74) is 2.82. The number of hydrogen-bond acceptors (Lipinski definition) is 7. The van der Waals surface area contributed by atoms with E-state index in [0.717, 1.165) is 94.4 Å². The van der Waals surface area contributed by atoms with E-state index in [1.54, 1.807) is 0 Å². The summed E-state index contributed by atoms with van der Waals surface area (Å²) in [5.74, 6) is 1.45. The normalized spacial score (nSPS) is 16.5. The summed E-state index contributed by atoms with van der Waals surface area (Å²) in [7, 11) is 0. The highest BCUT2D eigenvalue weighted by Crippen LogP contribution is 2.56. The molecule has 3 heterocycles. The third-order valence-electron chi connectivity index (χ3n) is 8.22. The van der Waals surface area contributed by atoms with Gasteiger partial charge in [0.2, 0.25) is 11.8 Å². The third kappa shape index (κ3) is 5.51. The highest BCUT2D eigenvalue weighted by atomic mass is 16.6. The van der Waals surface area contributed by atoms with Gasteiger partial charge in [0.25, 0.3) is 0 Å². The van der Waals surface area contributed by atoms with E-state index in [0.29, 0.717) is 28.7 Å². The van der Waals surface area contributed by atoms with Crippen LogP contribution in [0.3, 0.4) is 0 Å². The van der Waals surface area contributed by atoms with Gasteiger partial charge in [0.1, 0.15) is 5.75 Å². The van der Waals surface area contributed by atoms with E-state index >= 15 is 0 Å². The molecule has 1 atom stereocenters. The smallest absolute Gasteiger partial charge is 0.340 e. The molecule has 0 fully saturated rings. The van der Waals surface area contributed by atoms with Gasteiger partial charge in [0, 0.05) is 55.3 Å². The SMILES string of the molecule is CCCCN(CCCC)c1ccc2c(c1)Oc1nc(N(CCCC)CCCC)ncc1C21OC(=O)c2ccccc21. The molecule has 0 amide bonds. The Balaban J connectivity index is 1.64. The van der Waals surface area contributed by atoms with Crippen LogP contribution in [0.4, 0.5) is 11.6 Å². The lowest BCUT2D eigenvalue weighted by Crippen LogP contribution is -2.35. The van der Waals surface area contributed by atoms with Gasteiger partial charge >= 0.3 is 5.97 Å². The predicted octanol–water partition coefficient (Wildman–Crippen LogP) is 7.86. The summed E-state index contributed by atoms with van der Waals surface area (Å²) in [5, 5.41) is 0. The number of carbonyl (C=O) groups excluding carboxylic acids is 1. The highest BCUT2D eigenvalue weighted by molar-refractivity contribution is 5.97. The van der Waals surface area contributed by atoms with Gasteiger partial charge in [-0.3, -0.25) is 0 Å². The van der Waals surface area contributed by atoms with Crippen molar-refractivity contribution in [3.05, 3.63) is 70.9 Å². The minimum atomic E-state index is -1.15. The van der Waals surface area contributed by atoms with E-state index in [1.165, 1.54) is 0 Å². The summed E-state index contributed by atoms with van der Waals surface area (Å²) in [6.45, 7) is 12.6. The molecule has 0 bridgehead atoms. The van der Waals surface area contributed by atoms with Crippen molar-refractivity contribution < 1.29 is 14.3 Å². The highest BCUT2D eigenvalue weighted by Gasteiger charge is 2.54. The van der Waals surface area contributed by atoms with Gasteiger partial charge in [-0.2, -0.15) is 4.98 Å². The fourth-order valence-corrected chi connectivity index (χ4v) is 5.86. The van der Waals surface area contributed by atoms with Crippen LogP contribution in [0, 0.1) is 0 Å². The van der Waals surface area contributed by atoms with Gasteiger partial charge in [-0.15, -0.1) is 0 Å². The van der Waals surface area contributed by atoms with Crippen LogP contribution in [0.5, 0.6) is 11.6 Å². The number of aromatic nitrogens is 2. The number of anilines is 2. The average molecular weight is 557 g/mol. The third-order valence-corrected chi connectivity index (χ3v) is 8.22. The molecule has 2 aromatic carbocycles. The van der Waals surface area contributed by atoms with Crippen LogP contribution >= 0.6 is 0 Å². The second-order valence-corrected chi connectivity index (χ2v) is 11.2. The number of nitrogens with zero attached hydrogens (tertiary/aromatic N) is 4. The van der Waals surface area contributed by atoms with Crippen molar-refractivity contribution in [2.75, 3.05) is 36.0 Å². The Hall–Kier alpha value is -3.61. The van der Waals surface area contributed by atoms with E-state index in [9.17, 15) is 4.79 Å². The molecular weight excluding hydrogens is 512 g/mol. The molecule has 41 heavy (non-hydrogen) atoms. The molecular formula is C34H44N4O3. The van der Waals surface area contributed by atoms with E-state index < -0.39 is 5.60 Å². The van der Waals surface area contributed by atoms with Gasteiger partial charge in [0.05, 0.1) is 11.1 Å². The van der Waals surface area contributed by atoms with Crippen molar-refractivity contribution in [2.24, 2.45) is 0 Å². The second kappa shape index (κ2) is 12.9. The maximum Gasteiger partial charge on any atom is 0.340 e. The number of hydrogen-bond donors (Lipinski definition) is 0. The molecule has 0 aliphatic carbocycles. The Morgan fingerprint density at radius 1 is 0.756 bits per heavy atom. The maximum atomic E-state index is 13.3. The van der Waals surface area contributed by atoms with Crippen molar-refractivity contribution >= 4 is 17.6 Å². The van der Waals surface area contributed by atoms with E-state index in [1.807, 2.05) is 30.5 Å². The number of rotatable bonds is 14. The molecule has 0 radical (unpaired) electrons. The predicted molar refractivity (Wildman–Crippen MR) is 164 cm³/mol. The van der Waals surface area contributed by atoms with Crippen molar-refractivity contribution in [2.45, 2.75) is 84.7 Å². The minimum Gasteiger partial charge on any atom is -0.440 e. The summed E-state index contributed by atoms with van der Waals surface area (Å²) >= 11 is 0. The summed E-state index contributed by atoms with van der Waals surface area (Å²) in [6.07, 6.45) is 10.7. The first-order valence-electron chi connectivity index (χ1n) is 15.6. The number of benzene rings is 2. The molecule has 7 heteroatoms. The van der Waals surface area contributed by atoms with E-state index in [-0.39, 0.29) is 5.97 Å². The molecule has 0 saturated carbocycles. The van der Waals surface area contributed by atoms with Crippen molar-refractivity contribution in [3.8, 4) is 11.6 Å². The first-order chi connectivity index (χ1) is 20.1. The van der Waals surface area contributed by atoms with Crippen LogP contribution in [-0.4, -0.2) is 42.1 Å². The van der Waals surface area contributed by atoms with Crippen molar-refractivity contribution in [1.82, 2.24) is 9.97 Å². The molecule has 1 unspecified atom stereocenters. The molecule has 218 valence electrons. The molecule has 0 N–H and O–H groups in total. The zero-order valence-electron chi connectivity index (χ0n) is 25.1. The van der Waals surface area contributed by atoms with Crippen LogP contribution in [-0.2, 0) is 10.3 Å². The number of unbranched alkanes of at least 4 members (excludes halogenated alkanes) is 4. The van der Waals surface area contributed by atoms with Gasteiger partial charge < -0.3 is 19.3 Å². The fourth-order valence-electron chi connectivity index (χ4n) is 5.86. The van der Waals surface area contributed by atoms with Crippen LogP contribution in [0.1, 0.15) is 106 Å². The molecule has 2 aliphatic rings. The molecule has 0 saturated heterocycles. The van der Waals surface area contributed by atoms with Crippen molar-refractivity contribution in [3.63, 3.8) is 0 Å². The largest absolute Gasteiger partial charge is 0.440 e. The molecule has 3 aromatic rings. The van der Waals surface area contributed by atoms with E-state index in [4.69, 9.17) is 19.4 Å². The molecule has 5 rings (SSSR count). The summed E-state index contributed by atoms with van der Waals surface area (Å²) < 4.78 is 13.0. The van der Waals surface area contributed by atoms with Gasteiger partial charge in [0.15, 0.2) is 5.60 Å². The average Bonchev–Trinajstić information content (AvgIpc) is 3.29. The van der Waals surface area contributed by atoms with Gasteiger partial charge in [-0.25, -0.2) is 9.78 Å². The first kappa shape index (κ1) is 28.9. The van der Waals surface area contributed by atoms with Crippen LogP contribution < -0.4 is 14.5 Å². The number of carbonyl (C=O) groups is 1. The minimum absolute atomic E-state index is 0.340. The van der Waals surface area contributed by atoms with Gasteiger partial charge in [-0.1, -0.05) is 71.6 Å². The van der Waals surface area contributed by atoms with E-state index in [2.05, 4.69) is 55.7 Å². The Morgan fingerprint density at radius 3 is 2.05 bits per heavy atom. The standard InChI is InChI=1S/C34H44N4O3/c1-5-9-19-37(20-10-6-2)25-17-18-28-30(23-25)40-31-29(34(28)27-16-14-13-15-26(27)32(39)41-34)24-35-33(36-31)38(21-11-7-3)22-12-8-4/h13-18,23-24H,5-12,19-22H2,1-4H3. The van der Waals surface area contributed by atoms with Gasteiger partial charge in [-0.05, 0) is 43.9 Å². The topological polar surface area (TPSA) is 67.8 Å². The first-order valence-corrected chi connectivity index (χ1v) is 15.6. The number of fused-ring (bicyclic) bond motifs is 6. The van der Waals surface area contributed by atoms with Crippen LogP contribution in [0.25, 0.3) is 0 Å². The Labute approximate surface area is 244 Å². The van der Waals surface area contributed by atoms with Crippen LogP contribution in [0.15, 0.2) is 48.7 Å². The second-order valence-electron chi connectivity index (χ2n) is 11.2. The fraction of sp³-hybridized carbons (Fsp3) is 0.500. The molecule has 2 aliphatic heterocycles. The van der Waals surface area contributed by atoms with Crippen LogP contribution in [0.2, 0.25) is 0 Å². The lowest BCUT2D eigenvalue weighted by atomic mass is 9.79.